The lowest BCUT2D eigenvalue weighted by atomic mass is 10.1. The van der Waals surface area contributed by atoms with Crippen LogP contribution in [0.2, 0.25) is 5.02 Å². The Bertz CT molecular complexity index is 669. The highest BCUT2D eigenvalue weighted by atomic mass is 35.5. The molecule has 4 nitrogen and oxygen atoms in total. The molecule has 0 aliphatic rings. The van der Waals surface area contributed by atoms with Crippen molar-refractivity contribution in [3.8, 4) is 0 Å². The third-order valence-electron chi connectivity index (χ3n) is 3.21. The number of rotatable bonds is 4. The number of halogens is 1. The van der Waals surface area contributed by atoms with Crippen LogP contribution >= 0.6 is 11.6 Å². The number of carbonyl (C=O) groups excluding carboxylic acids is 2. The molecule has 2 aromatic rings. The van der Waals surface area contributed by atoms with E-state index < -0.39 is 0 Å². The first kappa shape index (κ1) is 16.0. The van der Waals surface area contributed by atoms with E-state index in [0.717, 1.165) is 11.1 Å². The summed E-state index contributed by atoms with van der Waals surface area (Å²) >= 11 is 6.03. The molecule has 2 N–H and O–H groups in total. The number of nitrogens with one attached hydrogen (secondary N) is 2. The topological polar surface area (TPSA) is 58.2 Å². The number of hydrogen-bond acceptors (Lipinski definition) is 2. The van der Waals surface area contributed by atoms with Crippen LogP contribution in [0, 0.1) is 6.92 Å². The van der Waals surface area contributed by atoms with Crippen molar-refractivity contribution in [1.82, 2.24) is 10.9 Å². The second-order valence-corrected chi connectivity index (χ2v) is 5.37. The van der Waals surface area contributed by atoms with Crippen molar-refractivity contribution < 1.29 is 9.59 Å². The Labute approximate surface area is 134 Å². The normalized spacial score (nSPS) is 10.1. The minimum Gasteiger partial charge on any atom is -0.273 e. The lowest BCUT2D eigenvalue weighted by molar-refractivity contribution is -0.121. The molecule has 0 fully saturated rings. The van der Waals surface area contributed by atoms with Crippen LogP contribution in [0.3, 0.4) is 0 Å². The molecule has 0 spiro atoms. The van der Waals surface area contributed by atoms with Gasteiger partial charge in [-0.25, -0.2) is 0 Å². The van der Waals surface area contributed by atoms with E-state index in [1.54, 1.807) is 18.2 Å². The molecular weight excluding hydrogens is 300 g/mol. The lowest BCUT2D eigenvalue weighted by Crippen LogP contribution is -2.41. The van der Waals surface area contributed by atoms with E-state index >= 15 is 0 Å². The van der Waals surface area contributed by atoms with Crippen molar-refractivity contribution in [2.45, 2.75) is 19.8 Å². The van der Waals surface area contributed by atoms with E-state index in [1.807, 2.05) is 37.3 Å². The van der Waals surface area contributed by atoms with Crippen LogP contribution in [0.5, 0.6) is 0 Å². The number of amides is 2. The summed E-state index contributed by atoms with van der Waals surface area (Å²) in [4.78, 5) is 23.6. The average molecular weight is 317 g/mol. The first-order chi connectivity index (χ1) is 10.6. The summed E-state index contributed by atoms with van der Waals surface area (Å²) in [6.07, 6.45) is 0.768. The Morgan fingerprint density at radius 2 is 1.68 bits per heavy atom. The molecule has 0 saturated heterocycles. The van der Waals surface area contributed by atoms with Crippen LogP contribution < -0.4 is 10.9 Å². The molecule has 0 aliphatic carbocycles. The smallest absolute Gasteiger partial charge is 0.269 e. The standard InChI is InChI=1S/C17H17ClN2O2/c1-12-6-8-14(9-7-12)17(22)20-19-16(21)11-10-13-4-2-3-5-15(13)18/h2-9H,10-11H2,1H3,(H,19,21)(H,20,22). The quantitative estimate of drug-likeness (QED) is 0.852. The van der Waals surface area contributed by atoms with Gasteiger partial charge in [-0.3, -0.25) is 20.4 Å². The number of hydrogen-bond donors (Lipinski definition) is 2. The number of hydrazine groups is 1. The number of carbonyl (C=O) groups is 2. The molecule has 0 aliphatic heterocycles. The van der Waals surface area contributed by atoms with Gasteiger partial charge in [-0.2, -0.15) is 0 Å². The minimum absolute atomic E-state index is 0.248. The predicted molar refractivity (Wildman–Crippen MR) is 86.6 cm³/mol. The van der Waals surface area contributed by atoms with Gasteiger partial charge < -0.3 is 0 Å². The fourth-order valence-electron chi connectivity index (χ4n) is 1.92. The largest absolute Gasteiger partial charge is 0.273 e. The van der Waals surface area contributed by atoms with Gasteiger partial charge in [0.15, 0.2) is 0 Å². The second kappa shape index (κ2) is 7.61. The van der Waals surface area contributed by atoms with Crippen LogP contribution in [-0.4, -0.2) is 11.8 Å². The van der Waals surface area contributed by atoms with Gasteiger partial charge in [0.2, 0.25) is 5.91 Å². The maximum atomic E-state index is 11.8. The maximum absolute atomic E-state index is 11.8. The van der Waals surface area contributed by atoms with Crippen LogP contribution in [0.25, 0.3) is 0 Å². The first-order valence-corrected chi connectivity index (χ1v) is 7.33. The summed E-state index contributed by atoms with van der Waals surface area (Å²) in [6.45, 7) is 1.94. The lowest BCUT2D eigenvalue weighted by Gasteiger charge is -2.08. The van der Waals surface area contributed by atoms with E-state index in [0.29, 0.717) is 17.0 Å². The molecule has 0 bridgehead atoms. The van der Waals surface area contributed by atoms with E-state index in [2.05, 4.69) is 10.9 Å². The average Bonchev–Trinajstić information content (AvgIpc) is 2.52. The minimum atomic E-state index is -0.342. The number of benzene rings is 2. The van der Waals surface area contributed by atoms with Crippen LogP contribution in [0.4, 0.5) is 0 Å². The molecular formula is C17H17ClN2O2. The molecule has 0 radical (unpaired) electrons. The highest BCUT2D eigenvalue weighted by Crippen LogP contribution is 2.16. The molecule has 2 amide bonds. The van der Waals surface area contributed by atoms with Crippen molar-refractivity contribution in [3.05, 3.63) is 70.2 Å². The molecule has 22 heavy (non-hydrogen) atoms. The maximum Gasteiger partial charge on any atom is 0.269 e. The van der Waals surface area contributed by atoms with Crippen molar-refractivity contribution in [1.29, 1.82) is 0 Å². The monoisotopic (exact) mass is 316 g/mol. The van der Waals surface area contributed by atoms with Crippen molar-refractivity contribution in [2.75, 3.05) is 0 Å². The SMILES string of the molecule is Cc1ccc(C(=O)NNC(=O)CCc2ccccc2Cl)cc1. The van der Waals surface area contributed by atoms with E-state index in [1.165, 1.54) is 0 Å². The third-order valence-corrected chi connectivity index (χ3v) is 3.58. The van der Waals surface area contributed by atoms with Gasteiger partial charge in [0.25, 0.3) is 5.91 Å². The molecule has 0 saturated carbocycles. The summed E-state index contributed by atoms with van der Waals surface area (Å²) in [5, 5.41) is 0.638. The van der Waals surface area contributed by atoms with E-state index in [4.69, 9.17) is 11.6 Å². The van der Waals surface area contributed by atoms with Crippen LogP contribution in [0.1, 0.15) is 27.9 Å². The molecule has 2 aromatic carbocycles. The van der Waals surface area contributed by atoms with Gasteiger partial charge in [0.05, 0.1) is 0 Å². The van der Waals surface area contributed by atoms with Crippen molar-refractivity contribution in [3.63, 3.8) is 0 Å². The highest BCUT2D eigenvalue weighted by molar-refractivity contribution is 6.31. The predicted octanol–water partition coefficient (Wildman–Crippen LogP) is 3.04. The zero-order valence-electron chi connectivity index (χ0n) is 12.2. The Morgan fingerprint density at radius 3 is 2.36 bits per heavy atom. The van der Waals surface area contributed by atoms with Crippen molar-refractivity contribution in [2.24, 2.45) is 0 Å². The molecule has 0 heterocycles. The summed E-state index contributed by atoms with van der Waals surface area (Å²) < 4.78 is 0. The zero-order chi connectivity index (χ0) is 15.9. The van der Waals surface area contributed by atoms with Gasteiger partial charge in [0.1, 0.15) is 0 Å². The second-order valence-electron chi connectivity index (χ2n) is 4.96. The third kappa shape index (κ3) is 4.60. The van der Waals surface area contributed by atoms with Gasteiger partial charge in [-0.05, 0) is 37.1 Å². The van der Waals surface area contributed by atoms with Gasteiger partial charge in [0, 0.05) is 17.0 Å². The van der Waals surface area contributed by atoms with Gasteiger partial charge in [-0.15, -0.1) is 0 Å². The summed E-state index contributed by atoms with van der Waals surface area (Å²) in [5.41, 5.74) is 7.27. The van der Waals surface area contributed by atoms with Gasteiger partial charge in [-0.1, -0.05) is 47.5 Å². The summed E-state index contributed by atoms with van der Waals surface area (Å²) in [5.74, 6) is -0.605. The number of aryl methyl sites for hydroxylation is 2. The van der Waals surface area contributed by atoms with Crippen LogP contribution in [-0.2, 0) is 11.2 Å². The molecule has 0 atom stereocenters. The summed E-state index contributed by atoms with van der Waals surface area (Å²) in [7, 11) is 0. The molecule has 2 rings (SSSR count). The summed E-state index contributed by atoms with van der Waals surface area (Å²) in [6, 6.07) is 14.5. The Kier molecular flexibility index (Phi) is 5.55. The highest BCUT2D eigenvalue weighted by Gasteiger charge is 2.08. The van der Waals surface area contributed by atoms with E-state index in [9.17, 15) is 9.59 Å². The molecule has 5 heteroatoms. The Morgan fingerprint density at radius 1 is 1.00 bits per heavy atom. The first-order valence-electron chi connectivity index (χ1n) is 6.95. The van der Waals surface area contributed by atoms with Crippen molar-refractivity contribution >= 4 is 23.4 Å². The Hall–Kier alpha value is -2.33. The molecule has 114 valence electrons. The molecule has 0 unspecified atom stereocenters. The Balaban J connectivity index is 1.79. The zero-order valence-corrected chi connectivity index (χ0v) is 13.0. The van der Waals surface area contributed by atoms with Gasteiger partial charge >= 0.3 is 0 Å². The fraction of sp³-hybridized carbons (Fsp3) is 0.176. The molecule has 0 aromatic heterocycles. The van der Waals surface area contributed by atoms with E-state index in [-0.39, 0.29) is 18.2 Å². The van der Waals surface area contributed by atoms with Crippen LogP contribution in [0.15, 0.2) is 48.5 Å². The fourth-order valence-corrected chi connectivity index (χ4v) is 2.15.